The Morgan fingerprint density at radius 2 is 2.33 bits per heavy atom. The monoisotopic (exact) mass is 288 g/mol. The van der Waals surface area contributed by atoms with Crippen LogP contribution in [0.3, 0.4) is 0 Å². The van der Waals surface area contributed by atoms with E-state index < -0.39 is 5.97 Å². The third kappa shape index (κ3) is 3.73. The van der Waals surface area contributed by atoms with Crippen molar-refractivity contribution in [3.8, 4) is 11.8 Å². The van der Waals surface area contributed by atoms with E-state index in [9.17, 15) is 4.79 Å². The molecule has 1 aliphatic rings. The molecular weight excluding hydrogens is 268 g/mol. The molecule has 2 unspecified atom stereocenters. The number of hydrogen-bond donors (Lipinski definition) is 2. The molecule has 0 aromatic heterocycles. The van der Waals surface area contributed by atoms with Crippen molar-refractivity contribution in [3.05, 3.63) is 29.3 Å². The van der Waals surface area contributed by atoms with E-state index in [1.54, 1.807) is 13.2 Å². The number of hydrogen-bond acceptors (Lipinski definition) is 4. The van der Waals surface area contributed by atoms with Crippen molar-refractivity contribution in [2.45, 2.75) is 25.8 Å². The highest BCUT2D eigenvalue weighted by atomic mass is 16.5. The molecule has 1 aliphatic carbocycles. The first kappa shape index (κ1) is 15.3. The topological polar surface area (TPSA) is 82.3 Å². The van der Waals surface area contributed by atoms with Crippen LogP contribution in [-0.4, -0.2) is 24.7 Å². The number of carbonyl (C=O) groups is 1. The van der Waals surface area contributed by atoms with E-state index in [1.807, 2.05) is 12.1 Å². The van der Waals surface area contributed by atoms with E-state index >= 15 is 0 Å². The maximum atomic E-state index is 11.1. The van der Waals surface area contributed by atoms with Crippen molar-refractivity contribution >= 4 is 5.97 Å². The predicted molar refractivity (Wildman–Crippen MR) is 77.9 cm³/mol. The third-order valence-electron chi connectivity index (χ3n) is 4.10. The first-order valence-electron chi connectivity index (χ1n) is 7.16. The van der Waals surface area contributed by atoms with Crippen LogP contribution in [0.5, 0.6) is 5.75 Å². The minimum atomic E-state index is -0.681. The lowest BCUT2D eigenvalue weighted by molar-refractivity contribution is -0.142. The maximum Gasteiger partial charge on any atom is 0.306 e. The van der Waals surface area contributed by atoms with Gasteiger partial charge >= 0.3 is 5.97 Å². The van der Waals surface area contributed by atoms with Crippen LogP contribution in [0.25, 0.3) is 0 Å². The summed E-state index contributed by atoms with van der Waals surface area (Å²) in [6.45, 7) is 1.35. The fourth-order valence-corrected chi connectivity index (χ4v) is 2.95. The number of rotatable bonds is 6. The lowest BCUT2D eigenvalue weighted by Crippen LogP contribution is -2.28. The van der Waals surface area contributed by atoms with Gasteiger partial charge in [-0.05, 0) is 43.0 Å². The molecule has 0 saturated heterocycles. The van der Waals surface area contributed by atoms with Gasteiger partial charge in [0.15, 0.2) is 0 Å². The van der Waals surface area contributed by atoms with Gasteiger partial charge in [0.05, 0.1) is 18.6 Å². The number of carboxylic acid groups (broad SMARTS) is 1. The highest BCUT2D eigenvalue weighted by molar-refractivity contribution is 5.70. The molecule has 5 heteroatoms. The van der Waals surface area contributed by atoms with E-state index in [-0.39, 0.29) is 11.8 Å². The first-order chi connectivity index (χ1) is 10.2. The normalized spacial score (nSPS) is 21.0. The van der Waals surface area contributed by atoms with Crippen LogP contribution in [0.2, 0.25) is 0 Å². The summed E-state index contributed by atoms with van der Waals surface area (Å²) >= 11 is 0. The number of methoxy groups -OCH3 is 1. The van der Waals surface area contributed by atoms with Gasteiger partial charge in [-0.15, -0.1) is 0 Å². The molecule has 0 heterocycles. The molecule has 21 heavy (non-hydrogen) atoms. The van der Waals surface area contributed by atoms with Crippen molar-refractivity contribution in [2.75, 3.05) is 13.7 Å². The summed E-state index contributed by atoms with van der Waals surface area (Å²) in [7, 11) is 1.55. The second-order valence-electron chi connectivity index (χ2n) is 5.41. The zero-order valence-corrected chi connectivity index (χ0v) is 12.1. The van der Waals surface area contributed by atoms with E-state index in [4.69, 9.17) is 15.1 Å². The van der Waals surface area contributed by atoms with Crippen LogP contribution in [0.4, 0.5) is 0 Å². The van der Waals surface area contributed by atoms with E-state index in [1.165, 1.54) is 0 Å². The molecule has 0 bridgehead atoms. The summed E-state index contributed by atoms with van der Waals surface area (Å²) in [4.78, 5) is 11.1. The van der Waals surface area contributed by atoms with Gasteiger partial charge in [0.1, 0.15) is 11.8 Å². The molecule has 2 atom stereocenters. The Hall–Kier alpha value is -2.06. The summed E-state index contributed by atoms with van der Waals surface area (Å²) in [6.07, 6.45) is 2.75. The number of nitrogens with zero attached hydrogens (tertiary/aromatic N) is 1. The molecule has 5 nitrogen and oxygen atoms in total. The highest BCUT2D eigenvalue weighted by Crippen LogP contribution is 2.31. The van der Waals surface area contributed by atoms with Gasteiger partial charge in [-0.1, -0.05) is 12.5 Å². The molecule has 2 rings (SSSR count). The molecule has 1 saturated carbocycles. The van der Waals surface area contributed by atoms with Crippen LogP contribution in [0.1, 0.15) is 30.4 Å². The molecule has 2 N–H and O–H groups in total. The van der Waals surface area contributed by atoms with Gasteiger partial charge in [0.2, 0.25) is 0 Å². The predicted octanol–water partition coefficient (Wildman–Crippen LogP) is 2.16. The van der Waals surface area contributed by atoms with Crippen molar-refractivity contribution in [1.29, 1.82) is 5.26 Å². The second kappa shape index (κ2) is 7.09. The average Bonchev–Trinajstić information content (AvgIpc) is 2.95. The Morgan fingerprint density at radius 1 is 1.52 bits per heavy atom. The third-order valence-corrected chi connectivity index (χ3v) is 4.10. The largest absolute Gasteiger partial charge is 0.495 e. The smallest absolute Gasteiger partial charge is 0.306 e. The number of carboxylic acids is 1. The van der Waals surface area contributed by atoms with E-state index in [0.29, 0.717) is 24.4 Å². The molecule has 112 valence electrons. The van der Waals surface area contributed by atoms with Crippen LogP contribution < -0.4 is 10.1 Å². The fraction of sp³-hybridized carbons (Fsp3) is 0.500. The lowest BCUT2D eigenvalue weighted by atomic mass is 9.96. The van der Waals surface area contributed by atoms with Crippen molar-refractivity contribution in [3.63, 3.8) is 0 Å². The van der Waals surface area contributed by atoms with Gasteiger partial charge in [0, 0.05) is 6.54 Å². The molecule has 0 aliphatic heterocycles. The number of aliphatic carboxylic acids is 1. The molecular formula is C16H20N2O3. The first-order valence-corrected chi connectivity index (χ1v) is 7.16. The molecule has 0 radical (unpaired) electrons. The van der Waals surface area contributed by atoms with Gasteiger partial charge in [-0.3, -0.25) is 4.79 Å². The Balaban J connectivity index is 1.89. The quantitative estimate of drug-likeness (QED) is 0.838. The summed E-state index contributed by atoms with van der Waals surface area (Å²) in [5.41, 5.74) is 1.54. The Morgan fingerprint density at radius 3 is 3.00 bits per heavy atom. The Kier molecular flexibility index (Phi) is 5.18. The van der Waals surface area contributed by atoms with E-state index in [0.717, 1.165) is 24.8 Å². The molecule has 1 aromatic rings. The number of nitriles is 1. The summed E-state index contributed by atoms with van der Waals surface area (Å²) in [6, 6.07) is 7.55. The fourth-order valence-electron chi connectivity index (χ4n) is 2.95. The van der Waals surface area contributed by atoms with Crippen LogP contribution in [-0.2, 0) is 11.3 Å². The van der Waals surface area contributed by atoms with Crippen molar-refractivity contribution in [2.24, 2.45) is 11.8 Å². The van der Waals surface area contributed by atoms with Crippen LogP contribution in [0.15, 0.2) is 18.2 Å². The number of ether oxygens (including phenoxy) is 1. The van der Waals surface area contributed by atoms with Gasteiger partial charge in [-0.25, -0.2) is 0 Å². The van der Waals surface area contributed by atoms with Crippen molar-refractivity contribution < 1.29 is 14.6 Å². The standard InChI is InChI=1S/C16H20N2O3/c1-21-15-7-11(5-6-12(15)8-17)9-18-10-13-3-2-4-14(13)16(19)20/h5-7,13-14,18H,2-4,9-10H2,1H3,(H,19,20). The van der Waals surface area contributed by atoms with Gasteiger partial charge < -0.3 is 15.2 Å². The average molecular weight is 288 g/mol. The summed E-state index contributed by atoms with van der Waals surface area (Å²) < 4.78 is 5.18. The van der Waals surface area contributed by atoms with Crippen LogP contribution in [0, 0.1) is 23.2 Å². The SMILES string of the molecule is COc1cc(CNCC2CCCC2C(=O)O)ccc1C#N. The van der Waals surface area contributed by atoms with Crippen molar-refractivity contribution in [1.82, 2.24) is 5.32 Å². The minimum Gasteiger partial charge on any atom is -0.495 e. The Bertz CT molecular complexity index is 551. The number of nitrogens with one attached hydrogen (secondary N) is 1. The minimum absolute atomic E-state index is 0.211. The molecule has 1 fully saturated rings. The summed E-state index contributed by atoms with van der Waals surface area (Å²) in [5, 5.41) is 21.4. The zero-order valence-electron chi connectivity index (χ0n) is 12.1. The van der Waals surface area contributed by atoms with Gasteiger partial charge in [-0.2, -0.15) is 5.26 Å². The molecule has 0 amide bonds. The second-order valence-corrected chi connectivity index (χ2v) is 5.41. The zero-order chi connectivity index (χ0) is 15.2. The molecule has 1 aromatic carbocycles. The van der Waals surface area contributed by atoms with Crippen LogP contribution >= 0.6 is 0 Å². The Labute approximate surface area is 124 Å². The van der Waals surface area contributed by atoms with E-state index in [2.05, 4.69) is 11.4 Å². The maximum absolute atomic E-state index is 11.1. The molecule has 0 spiro atoms. The highest BCUT2D eigenvalue weighted by Gasteiger charge is 2.32. The summed E-state index contributed by atoms with van der Waals surface area (Å²) in [5.74, 6) is -0.115. The number of benzene rings is 1. The van der Waals surface area contributed by atoms with Gasteiger partial charge in [0.25, 0.3) is 0 Å². The lowest BCUT2D eigenvalue weighted by Gasteiger charge is -2.16.